The Hall–Kier alpha value is -2.50. The minimum absolute atomic E-state index is 0.0321. The molecule has 1 aromatic rings. The fourth-order valence-corrected chi connectivity index (χ4v) is 2.56. The Balaban J connectivity index is 0.00000163. The van der Waals surface area contributed by atoms with Gasteiger partial charge in [0.2, 0.25) is 11.8 Å². The lowest BCUT2D eigenvalue weighted by Crippen LogP contribution is -2.54. The number of carbonyl (C=O) groups is 4. The number of anilines is 1. The average Bonchev–Trinajstić information content (AvgIpc) is 2.90. The Bertz CT molecular complexity index is 688. The summed E-state index contributed by atoms with van der Waals surface area (Å²) in [5, 5.41) is 2.68. The van der Waals surface area contributed by atoms with E-state index in [1.54, 1.807) is 32.9 Å². The minimum Gasteiger partial charge on any atom is -0.324 e. The Morgan fingerprint density at radius 2 is 1.54 bits per heavy atom. The fourth-order valence-electron chi connectivity index (χ4n) is 2.56. The Morgan fingerprint density at radius 3 is 2.00 bits per heavy atom. The molecule has 1 heterocycles. The zero-order valence-electron chi connectivity index (χ0n) is 16.4. The molecule has 6 nitrogen and oxygen atoms in total. The topological polar surface area (TPSA) is 83.6 Å². The van der Waals surface area contributed by atoms with Gasteiger partial charge in [-0.05, 0) is 18.6 Å². The maximum absolute atomic E-state index is 12.8. The molecule has 1 unspecified atom stereocenters. The van der Waals surface area contributed by atoms with E-state index in [1.807, 2.05) is 32.9 Å². The second-order valence-corrected chi connectivity index (χ2v) is 6.98. The molecule has 2 rings (SSSR count). The highest BCUT2D eigenvalue weighted by atomic mass is 16.2. The molecular formula is C20H28N2O4. The number of hydrogen-bond acceptors (Lipinski definition) is 4. The molecule has 1 aliphatic rings. The molecule has 0 aliphatic carbocycles. The lowest BCUT2D eigenvalue weighted by Gasteiger charge is -2.29. The van der Waals surface area contributed by atoms with E-state index in [-0.39, 0.29) is 12.8 Å². The summed E-state index contributed by atoms with van der Waals surface area (Å²) in [7, 11) is 0. The Labute approximate surface area is 154 Å². The summed E-state index contributed by atoms with van der Waals surface area (Å²) in [6.07, 6.45) is 0.0643. The van der Waals surface area contributed by atoms with Crippen molar-refractivity contribution in [3.05, 3.63) is 29.8 Å². The van der Waals surface area contributed by atoms with Gasteiger partial charge in [0.25, 0.3) is 5.91 Å². The molecule has 1 aliphatic heterocycles. The average molecular weight is 360 g/mol. The maximum atomic E-state index is 12.8. The maximum Gasteiger partial charge on any atom is 0.255 e. The van der Waals surface area contributed by atoms with E-state index in [0.717, 1.165) is 10.5 Å². The van der Waals surface area contributed by atoms with Crippen LogP contribution in [0.3, 0.4) is 0 Å². The third-order valence-electron chi connectivity index (χ3n) is 3.99. The summed E-state index contributed by atoms with van der Waals surface area (Å²) in [6, 6.07) is 5.68. The number of imide groups is 1. The predicted octanol–water partition coefficient (Wildman–Crippen LogP) is 3.09. The van der Waals surface area contributed by atoms with Gasteiger partial charge in [0.05, 0.1) is 0 Å². The van der Waals surface area contributed by atoms with Gasteiger partial charge in [-0.15, -0.1) is 0 Å². The molecule has 0 spiro atoms. The minimum atomic E-state index is -1.44. The van der Waals surface area contributed by atoms with Gasteiger partial charge in [-0.25, -0.2) is 0 Å². The third kappa shape index (κ3) is 4.77. The number of hydrogen-bond donors (Lipinski definition) is 1. The molecule has 1 N–H and O–H groups in total. The molecule has 1 aromatic carbocycles. The molecule has 0 bridgehead atoms. The van der Waals surface area contributed by atoms with Crippen LogP contribution >= 0.6 is 0 Å². The van der Waals surface area contributed by atoms with Crippen molar-refractivity contribution in [2.45, 2.75) is 60.4 Å². The summed E-state index contributed by atoms with van der Waals surface area (Å²) in [5.41, 5.74) is 0.511. The van der Waals surface area contributed by atoms with Gasteiger partial charge in [0, 0.05) is 23.9 Å². The van der Waals surface area contributed by atoms with Crippen molar-refractivity contribution in [3.8, 4) is 0 Å². The largest absolute Gasteiger partial charge is 0.324 e. The van der Waals surface area contributed by atoms with Gasteiger partial charge in [-0.2, -0.15) is 0 Å². The van der Waals surface area contributed by atoms with E-state index in [9.17, 15) is 19.2 Å². The molecule has 0 aromatic heterocycles. The van der Waals surface area contributed by atoms with Gasteiger partial charge < -0.3 is 5.32 Å². The lowest BCUT2D eigenvalue weighted by molar-refractivity contribution is -0.152. The van der Waals surface area contributed by atoms with Crippen LogP contribution in [0.1, 0.15) is 53.0 Å². The van der Waals surface area contributed by atoms with Crippen LogP contribution in [-0.2, 0) is 19.2 Å². The van der Waals surface area contributed by atoms with Gasteiger partial charge in [-0.1, -0.05) is 52.8 Å². The number of amides is 3. The molecule has 0 saturated carbocycles. The number of nitrogens with one attached hydrogen (secondary N) is 1. The number of aryl methyl sites for hydroxylation is 1. The van der Waals surface area contributed by atoms with Crippen molar-refractivity contribution in [2.75, 3.05) is 5.32 Å². The number of ketones is 1. The van der Waals surface area contributed by atoms with Crippen molar-refractivity contribution < 1.29 is 19.2 Å². The summed E-state index contributed by atoms with van der Waals surface area (Å²) in [4.78, 5) is 50.4. The van der Waals surface area contributed by atoms with E-state index >= 15 is 0 Å². The predicted molar refractivity (Wildman–Crippen MR) is 100 cm³/mol. The second-order valence-electron chi connectivity index (χ2n) is 6.98. The highest BCUT2D eigenvalue weighted by Crippen LogP contribution is 2.25. The first-order chi connectivity index (χ1) is 12.1. The summed E-state index contributed by atoms with van der Waals surface area (Å²) in [5.74, 6) is -2.09. The van der Waals surface area contributed by atoms with E-state index in [1.165, 1.54) is 0 Å². The van der Waals surface area contributed by atoms with Gasteiger partial charge >= 0.3 is 0 Å². The number of nitrogens with zero attached hydrogens (tertiary/aromatic N) is 1. The highest BCUT2D eigenvalue weighted by Gasteiger charge is 2.46. The van der Waals surface area contributed by atoms with Crippen molar-refractivity contribution >= 4 is 29.2 Å². The molecule has 1 fully saturated rings. The number of likely N-dealkylation sites (tertiary alicyclic amines) is 1. The van der Waals surface area contributed by atoms with Crippen LogP contribution in [0, 0.1) is 12.3 Å². The highest BCUT2D eigenvalue weighted by molar-refractivity contribution is 6.18. The van der Waals surface area contributed by atoms with Crippen LogP contribution < -0.4 is 5.32 Å². The number of carbonyl (C=O) groups excluding carboxylic acids is 4. The monoisotopic (exact) mass is 360 g/mol. The molecule has 142 valence electrons. The SMILES string of the molecule is CC.Cc1ccccc1NC(=O)C(C(=O)C(C)(C)C)N1C(=O)CCC1=O. The quantitative estimate of drug-likeness (QED) is 0.660. The molecule has 0 radical (unpaired) electrons. The van der Waals surface area contributed by atoms with Crippen LogP contribution in [-0.4, -0.2) is 34.4 Å². The molecule has 1 saturated heterocycles. The molecule has 26 heavy (non-hydrogen) atoms. The summed E-state index contributed by atoms with van der Waals surface area (Å²) >= 11 is 0. The van der Waals surface area contributed by atoms with Gasteiger partial charge in [0.15, 0.2) is 11.8 Å². The van der Waals surface area contributed by atoms with Crippen LogP contribution in [0.2, 0.25) is 0 Å². The van der Waals surface area contributed by atoms with Crippen LogP contribution in [0.5, 0.6) is 0 Å². The van der Waals surface area contributed by atoms with Crippen LogP contribution in [0.4, 0.5) is 5.69 Å². The van der Waals surface area contributed by atoms with Crippen molar-refractivity contribution in [3.63, 3.8) is 0 Å². The van der Waals surface area contributed by atoms with Crippen LogP contribution in [0.15, 0.2) is 24.3 Å². The van der Waals surface area contributed by atoms with E-state index in [4.69, 9.17) is 0 Å². The van der Waals surface area contributed by atoms with Crippen LogP contribution in [0.25, 0.3) is 0 Å². The van der Waals surface area contributed by atoms with Crippen molar-refractivity contribution in [2.24, 2.45) is 5.41 Å². The number of benzene rings is 1. The number of Topliss-reactive ketones (excluding diaryl/α,β-unsaturated/α-hetero) is 1. The number of para-hydroxylation sites is 1. The van der Waals surface area contributed by atoms with Crippen molar-refractivity contribution in [1.82, 2.24) is 4.90 Å². The number of rotatable bonds is 4. The first-order valence-corrected chi connectivity index (χ1v) is 8.88. The first-order valence-electron chi connectivity index (χ1n) is 8.88. The standard InChI is InChI=1S/C18H22N2O4.C2H6/c1-11-7-5-6-8-12(11)19-17(24)15(16(23)18(2,3)4)20-13(21)9-10-14(20)22;1-2/h5-8,15H,9-10H2,1-4H3,(H,19,24);1-2H3. The van der Waals surface area contributed by atoms with Gasteiger partial charge in [0.1, 0.15) is 0 Å². The third-order valence-corrected chi connectivity index (χ3v) is 3.99. The summed E-state index contributed by atoms with van der Waals surface area (Å²) in [6.45, 7) is 10.8. The molecule has 3 amide bonds. The fraction of sp³-hybridized carbons (Fsp3) is 0.500. The molecular weight excluding hydrogens is 332 g/mol. The van der Waals surface area contributed by atoms with Crippen molar-refractivity contribution in [1.29, 1.82) is 0 Å². The summed E-state index contributed by atoms with van der Waals surface area (Å²) < 4.78 is 0. The normalized spacial score (nSPS) is 15.2. The molecule has 6 heteroatoms. The zero-order valence-corrected chi connectivity index (χ0v) is 16.4. The Kier molecular flexibility index (Phi) is 7.24. The first kappa shape index (κ1) is 21.5. The van der Waals surface area contributed by atoms with E-state index in [2.05, 4.69) is 5.32 Å². The Morgan fingerprint density at radius 1 is 1.04 bits per heavy atom. The molecule has 1 atom stereocenters. The smallest absolute Gasteiger partial charge is 0.255 e. The lowest BCUT2D eigenvalue weighted by atomic mass is 9.85. The second kappa shape index (κ2) is 8.74. The van der Waals surface area contributed by atoms with E-state index in [0.29, 0.717) is 5.69 Å². The zero-order chi connectivity index (χ0) is 20.1. The van der Waals surface area contributed by atoms with Gasteiger partial charge in [-0.3, -0.25) is 24.1 Å². The van der Waals surface area contributed by atoms with E-state index < -0.39 is 35.0 Å².